The molecule has 104 valence electrons. The van der Waals surface area contributed by atoms with Crippen LogP contribution in [-0.2, 0) is 4.74 Å². The standard InChI is InChI=1S/C13H18N2O3S/c1-2-9-7-15(5-6-18-9)13-14-10(8-3-4-8)11(19-13)12(16)17/h8-9H,2-7H2,1H3,(H,16,17). The van der Waals surface area contributed by atoms with Crippen LogP contribution in [0.15, 0.2) is 0 Å². The molecule has 1 atom stereocenters. The molecule has 1 saturated carbocycles. The van der Waals surface area contributed by atoms with E-state index < -0.39 is 5.97 Å². The number of hydrogen-bond donors (Lipinski definition) is 1. The van der Waals surface area contributed by atoms with Gasteiger partial charge in [-0.15, -0.1) is 0 Å². The van der Waals surface area contributed by atoms with Gasteiger partial charge in [0.05, 0.1) is 18.4 Å². The summed E-state index contributed by atoms with van der Waals surface area (Å²) in [4.78, 5) is 18.5. The van der Waals surface area contributed by atoms with E-state index in [1.165, 1.54) is 11.3 Å². The first-order chi connectivity index (χ1) is 9.19. The molecule has 2 heterocycles. The molecule has 5 nitrogen and oxygen atoms in total. The molecule has 1 unspecified atom stereocenters. The Bertz CT molecular complexity index is 484. The highest BCUT2D eigenvalue weighted by Gasteiger charge is 2.33. The number of thiazole rings is 1. The van der Waals surface area contributed by atoms with Crippen molar-refractivity contribution in [3.8, 4) is 0 Å². The molecular weight excluding hydrogens is 264 g/mol. The summed E-state index contributed by atoms with van der Waals surface area (Å²) in [5.41, 5.74) is 0.798. The zero-order valence-corrected chi connectivity index (χ0v) is 11.8. The zero-order valence-electron chi connectivity index (χ0n) is 11.0. The van der Waals surface area contributed by atoms with E-state index in [-0.39, 0.29) is 6.10 Å². The van der Waals surface area contributed by atoms with E-state index in [4.69, 9.17) is 4.74 Å². The minimum atomic E-state index is -0.842. The highest BCUT2D eigenvalue weighted by Crippen LogP contribution is 2.44. The zero-order chi connectivity index (χ0) is 13.4. The summed E-state index contributed by atoms with van der Waals surface area (Å²) in [6, 6.07) is 0. The Hall–Kier alpha value is -1.14. The van der Waals surface area contributed by atoms with E-state index >= 15 is 0 Å². The van der Waals surface area contributed by atoms with E-state index in [1.807, 2.05) is 0 Å². The van der Waals surface area contributed by atoms with Gasteiger partial charge >= 0.3 is 5.97 Å². The normalized spacial score (nSPS) is 23.6. The molecule has 0 radical (unpaired) electrons. The van der Waals surface area contributed by atoms with Crippen LogP contribution in [0.4, 0.5) is 5.13 Å². The lowest BCUT2D eigenvalue weighted by molar-refractivity contribution is 0.0384. The SMILES string of the molecule is CCC1CN(c2nc(C3CC3)c(C(=O)O)s2)CCO1. The van der Waals surface area contributed by atoms with Crippen molar-refractivity contribution in [2.75, 3.05) is 24.6 Å². The molecule has 0 aromatic carbocycles. The van der Waals surface area contributed by atoms with Gasteiger partial charge in [0.1, 0.15) is 4.88 Å². The number of anilines is 1. The van der Waals surface area contributed by atoms with Crippen LogP contribution in [0.1, 0.15) is 47.5 Å². The van der Waals surface area contributed by atoms with Crippen molar-refractivity contribution in [2.45, 2.75) is 38.2 Å². The predicted octanol–water partition coefficient (Wildman–Crippen LogP) is 2.33. The summed E-state index contributed by atoms with van der Waals surface area (Å²) in [5, 5.41) is 10.1. The maximum Gasteiger partial charge on any atom is 0.347 e. The van der Waals surface area contributed by atoms with Gasteiger partial charge < -0.3 is 14.7 Å². The average Bonchev–Trinajstić information content (AvgIpc) is 3.17. The Morgan fingerprint density at radius 3 is 3.00 bits per heavy atom. The van der Waals surface area contributed by atoms with Crippen molar-refractivity contribution in [2.24, 2.45) is 0 Å². The summed E-state index contributed by atoms with van der Waals surface area (Å²) < 4.78 is 5.64. The summed E-state index contributed by atoms with van der Waals surface area (Å²) in [6.45, 7) is 4.41. The van der Waals surface area contributed by atoms with E-state index in [9.17, 15) is 9.90 Å². The molecule has 0 bridgehead atoms. The summed E-state index contributed by atoms with van der Waals surface area (Å²) in [6.07, 6.45) is 3.35. The molecule has 0 spiro atoms. The van der Waals surface area contributed by atoms with Crippen LogP contribution in [0.5, 0.6) is 0 Å². The van der Waals surface area contributed by atoms with Crippen molar-refractivity contribution in [3.63, 3.8) is 0 Å². The van der Waals surface area contributed by atoms with Gasteiger partial charge in [0.25, 0.3) is 0 Å². The lowest BCUT2D eigenvalue weighted by Gasteiger charge is -2.32. The molecule has 3 rings (SSSR count). The Morgan fingerprint density at radius 2 is 2.37 bits per heavy atom. The lowest BCUT2D eigenvalue weighted by atomic mass is 10.2. The number of nitrogens with zero attached hydrogens (tertiary/aromatic N) is 2. The fraction of sp³-hybridized carbons (Fsp3) is 0.692. The third-order valence-electron chi connectivity index (χ3n) is 3.67. The monoisotopic (exact) mass is 282 g/mol. The first kappa shape index (κ1) is 12.9. The third-order valence-corrected chi connectivity index (χ3v) is 4.78. The number of hydrogen-bond acceptors (Lipinski definition) is 5. The molecule has 1 aliphatic heterocycles. The summed E-state index contributed by atoms with van der Waals surface area (Å²) in [7, 11) is 0. The molecule has 2 aliphatic rings. The Balaban J connectivity index is 1.84. The minimum absolute atomic E-state index is 0.232. The second kappa shape index (κ2) is 5.09. The second-order valence-electron chi connectivity index (χ2n) is 5.14. The Labute approximate surface area is 116 Å². The maximum absolute atomic E-state index is 11.3. The van der Waals surface area contributed by atoms with Gasteiger partial charge in [-0.25, -0.2) is 9.78 Å². The highest BCUT2D eigenvalue weighted by atomic mass is 32.1. The maximum atomic E-state index is 11.3. The fourth-order valence-corrected chi connectivity index (χ4v) is 3.41. The minimum Gasteiger partial charge on any atom is -0.477 e. The van der Waals surface area contributed by atoms with Crippen molar-refractivity contribution in [1.29, 1.82) is 0 Å². The number of rotatable bonds is 4. The van der Waals surface area contributed by atoms with Crippen LogP contribution in [0, 0.1) is 0 Å². The van der Waals surface area contributed by atoms with Gasteiger partial charge in [-0.05, 0) is 19.3 Å². The molecule has 19 heavy (non-hydrogen) atoms. The van der Waals surface area contributed by atoms with Crippen molar-refractivity contribution < 1.29 is 14.6 Å². The van der Waals surface area contributed by atoms with E-state index in [1.54, 1.807) is 0 Å². The molecule has 0 amide bonds. The van der Waals surface area contributed by atoms with Crippen molar-refractivity contribution in [3.05, 3.63) is 10.6 Å². The number of aromatic carboxylic acids is 1. The van der Waals surface area contributed by atoms with E-state index in [0.29, 0.717) is 17.4 Å². The molecule has 6 heteroatoms. The molecular formula is C13H18N2O3S. The van der Waals surface area contributed by atoms with Crippen molar-refractivity contribution in [1.82, 2.24) is 4.98 Å². The summed E-state index contributed by atoms with van der Waals surface area (Å²) >= 11 is 1.31. The fourth-order valence-electron chi connectivity index (χ4n) is 2.38. The number of morpholine rings is 1. The Morgan fingerprint density at radius 1 is 1.58 bits per heavy atom. The molecule has 1 N–H and O–H groups in total. The molecule has 1 aromatic rings. The first-order valence-electron chi connectivity index (χ1n) is 6.79. The smallest absolute Gasteiger partial charge is 0.347 e. The number of carboxylic acid groups (broad SMARTS) is 1. The summed E-state index contributed by atoms with van der Waals surface area (Å²) in [5.74, 6) is -0.468. The Kier molecular flexibility index (Phi) is 3.45. The van der Waals surface area contributed by atoms with Gasteiger partial charge in [-0.2, -0.15) is 0 Å². The van der Waals surface area contributed by atoms with Crippen LogP contribution in [-0.4, -0.2) is 41.9 Å². The van der Waals surface area contributed by atoms with Crippen LogP contribution >= 0.6 is 11.3 Å². The van der Waals surface area contributed by atoms with Gasteiger partial charge in [0.15, 0.2) is 5.13 Å². The quantitative estimate of drug-likeness (QED) is 0.918. The predicted molar refractivity (Wildman–Crippen MR) is 73.3 cm³/mol. The number of aromatic nitrogens is 1. The molecule has 1 aliphatic carbocycles. The van der Waals surface area contributed by atoms with Crippen LogP contribution in [0.3, 0.4) is 0 Å². The van der Waals surface area contributed by atoms with E-state index in [0.717, 1.165) is 43.2 Å². The van der Waals surface area contributed by atoms with Gasteiger partial charge in [0.2, 0.25) is 0 Å². The average molecular weight is 282 g/mol. The highest BCUT2D eigenvalue weighted by molar-refractivity contribution is 7.17. The number of carboxylic acids is 1. The van der Waals surface area contributed by atoms with Gasteiger partial charge in [-0.1, -0.05) is 18.3 Å². The lowest BCUT2D eigenvalue weighted by Crippen LogP contribution is -2.42. The third kappa shape index (κ3) is 2.60. The van der Waals surface area contributed by atoms with Crippen LogP contribution < -0.4 is 4.90 Å². The second-order valence-corrected chi connectivity index (χ2v) is 6.11. The first-order valence-corrected chi connectivity index (χ1v) is 7.61. The van der Waals surface area contributed by atoms with Gasteiger partial charge in [-0.3, -0.25) is 0 Å². The van der Waals surface area contributed by atoms with Crippen LogP contribution in [0.2, 0.25) is 0 Å². The largest absolute Gasteiger partial charge is 0.477 e. The molecule has 1 aromatic heterocycles. The topological polar surface area (TPSA) is 62.7 Å². The number of carbonyl (C=O) groups is 1. The number of ether oxygens (including phenoxy) is 1. The molecule has 1 saturated heterocycles. The molecule has 2 fully saturated rings. The van der Waals surface area contributed by atoms with Gasteiger partial charge in [0, 0.05) is 19.0 Å². The van der Waals surface area contributed by atoms with Crippen molar-refractivity contribution >= 4 is 22.4 Å². The van der Waals surface area contributed by atoms with Crippen LogP contribution in [0.25, 0.3) is 0 Å². The van der Waals surface area contributed by atoms with E-state index in [2.05, 4.69) is 16.8 Å².